The maximum atomic E-state index is 12.1. The number of aromatic nitrogens is 2. The number of hydrogen-bond donors (Lipinski definition) is 2. The van der Waals surface area contributed by atoms with Crippen molar-refractivity contribution in [2.75, 3.05) is 0 Å². The van der Waals surface area contributed by atoms with Crippen molar-refractivity contribution in [2.45, 2.75) is 50.6 Å². The van der Waals surface area contributed by atoms with Gasteiger partial charge in [0.1, 0.15) is 24.5 Å². The van der Waals surface area contributed by atoms with E-state index in [1.54, 1.807) is 0 Å². The summed E-state index contributed by atoms with van der Waals surface area (Å²) in [5.41, 5.74) is -1.46. The molecule has 1 aromatic heterocycles. The van der Waals surface area contributed by atoms with Crippen molar-refractivity contribution in [2.24, 2.45) is 0 Å². The number of nitrogens with one attached hydrogen (secondary N) is 1. The second-order valence-electron chi connectivity index (χ2n) is 5.50. The van der Waals surface area contributed by atoms with Gasteiger partial charge in [0.05, 0.1) is 4.92 Å². The second kappa shape index (κ2) is 6.54. The average molecular weight is 310 g/mol. The van der Waals surface area contributed by atoms with Crippen LogP contribution in [0.4, 0.5) is 5.69 Å². The Morgan fingerprint density at radius 1 is 1.36 bits per heavy atom. The fraction of sp³-hybridized carbons (Fsp3) is 0.615. The number of nitrogens with zero attached hydrogens (tertiary/aromatic N) is 3. The minimum Gasteiger partial charge on any atom is -0.480 e. The van der Waals surface area contributed by atoms with Crippen molar-refractivity contribution in [3.8, 4) is 0 Å². The normalized spacial score (nSPS) is 17.5. The Morgan fingerprint density at radius 3 is 2.50 bits per heavy atom. The molecule has 9 nitrogen and oxygen atoms in total. The van der Waals surface area contributed by atoms with E-state index in [0.29, 0.717) is 12.8 Å². The molecule has 22 heavy (non-hydrogen) atoms. The van der Waals surface area contributed by atoms with Gasteiger partial charge in [0.2, 0.25) is 5.91 Å². The van der Waals surface area contributed by atoms with Crippen LogP contribution < -0.4 is 5.32 Å². The van der Waals surface area contributed by atoms with Crippen molar-refractivity contribution >= 4 is 17.6 Å². The van der Waals surface area contributed by atoms with Crippen LogP contribution in [-0.4, -0.2) is 37.2 Å². The number of carboxylic acids is 1. The van der Waals surface area contributed by atoms with E-state index in [1.165, 1.54) is 0 Å². The first-order chi connectivity index (χ1) is 10.4. The molecule has 9 heteroatoms. The average Bonchev–Trinajstić information content (AvgIpc) is 2.77. The summed E-state index contributed by atoms with van der Waals surface area (Å²) in [6, 6.07) is 0. The Bertz CT molecular complexity index is 575. The van der Waals surface area contributed by atoms with Gasteiger partial charge < -0.3 is 10.4 Å². The number of aliphatic carboxylic acids is 1. The van der Waals surface area contributed by atoms with Crippen molar-refractivity contribution in [1.29, 1.82) is 0 Å². The van der Waals surface area contributed by atoms with E-state index in [2.05, 4.69) is 10.4 Å². The molecule has 1 aromatic rings. The van der Waals surface area contributed by atoms with E-state index in [0.717, 1.165) is 42.8 Å². The lowest BCUT2D eigenvalue weighted by molar-refractivity contribution is -0.385. The van der Waals surface area contributed by atoms with Crippen molar-refractivity contribution in [1.82, 2.24) is 15.1 Å². The van der Waals surface area contributed by atoms with Gasteiger partial charge in [-0.3, -0.25) is 19.6 Å². The zero-order valence-corrected chi connectivity index (χ0v) is 12.0. The van der Waals surface area contributed by atoms with Crippen LogP contribution in [-0.2, 0) is 16.1 Å². The predicted octanol–water partition coefficient (Wildman–Crippen LogP) is 1.09. The maximum absolute atomic E-state index is 12.1. The Kier molecular flexibility index (Phi) is 4.74. The van der Waals surface area contributed by atoms with Crippen LogP contribution in [0.1, 0.15) is 38.5 Å². The minimum atomic E-state index is -1.24. The Balaban J connectivity index is 2.04. The fourth-order valence-corrected chi connectivity index (χ4v) is 2.71. The summed E-state index contributed by atoms with van der Waals surface area (Å²) in [5.74, 6) is -1.54. The van der Waals surface area contributed by atoms with E-state index in [-0.39, 0.29) is 12.2 Å². The highest BCUT2D eigenvalue weighted by atomic mass is 16.6. The third-order valence-corrected chi connectivity index (χ3v) is 3.88. The van der Waals surface area contributed by atoms with E-state index in [1.807, 2.05) is 0 Å². The quantitative estimate of drug-likeness (QED) is 0.476. The van der Waals surface area contributed by atoms with Crippen LogP contribution in [0.25, 0.3) is 0 Å². The lowest BCUT2D eigenvalue weighted by Crippen LogP contribution is -2.55. The highest BCUT2D eigenvalue weighted by Crippen LogP contribution is 2.27. The first-order valence-electron chi connectivity index (χ1n) is 7.14. The van der Waals surface area contributed by atoms with E-state index in [4.69, 9.17) is 0 Å². The van der Waals surface area contributed by atoms with E-state index >= 15 is 0 Å². The minimum absolute atomic E-state index is 0.213. The molecule has 0 unspecified atom stereocenters. The number of amides is 1. The molecule has 1 amide bonds. The number of nitro groups is 1. The van der Waals surface area contributed by atoms with Crippen LogP contribution in [0.3, 0.4) is 0 Å². The summed E-state index contributed by atoms with van der Waals surface area (Å²) in [5, 5.41) is 26.4. The van der Waals surface area contributed by atoms with Gasteiger partial charge in [-0.2, -0.15) is 5.10 Å². The summed E-state index contributed by atoms with van der Waals surface area (Å²) in [6.07, 6.45) is 6.39. The number of hydrogen-bond acceptors (Lipinski definition) is 5. The molecule has 1 heterocycles. The molecule has 0 bridgehead atoms. The van der Waals surface area contributed by atoms with Crippen molar-refractivity contribution in [3.63, 3.8) is 0 Å². The third kappa shape index (κ3) is 3.60. The summed E-state index contributed by atoms with van der Waals surface area (Å²) in [4.78, 5) is 33.6. The highest BCUT2D eigenvalue weighted by molar-refractivity contribution is 5.86. The molecule has 0 spiro atoms. The summed E-state index contributed by atoms with van der Waals surface area (Å²) in [6.45, 7) is -0.247. The third-order valence-electron chi connectivity index (χ3n) is 3.88. The molecular weight excluding hydrogens is 292 g/mol. The van der Waals surface area contributed by atoms with Gasteiger partial charge in [-0.25, -0.2) is 4.79 Å². The SMILES string of the molecule is O=C(Cn1cc([N+](=O)[O-])cn1)NC1(C(=O)O)CCCCCC1. The second-order valence-corrected chi connectivity index (χ2v) is 5.50. The standard InChI is InChI=1S/C13H18N4O5/c18-11(9-16-8-10(7-14-16)17(21)22)15-13(12(19)20)5-3-1-2-4-6-13/h7-8H,1-6,9H2,(H,15,18)(H,19,20). The maximum Gasteiger partial charge on any atom is 0.329 e. The molecule has 2 N–H and O–H groups in total. The number of rotatable bonds is 5. The van der Waals surface area contributed by atoms with Crippen LogP contribution in [0.2, 0.25) is 0 Å². The van der Waals surface area contributed by atoms with Crippen LogP contribution in [0.5, 0.6) is 0 Å². The molecular formula is C13H18N4O5. The zero-order valence-electron chi connectivity index (χ0n) is 12.0. The van der Waals surface area contributed by atoms with Crippen LogP contribution in [0, 0.1) is 10.1 Å². The van der Waals surface area contributed by atoms with Crippen molar-refractivity contribution < 1.29 is 19.6 Å². The molecule has 0 aromatic carbocycles. The van der Waals surface area contributed by atoms with Gasteiger partial charge in [0, 0.05) is 0 Å². The van der Waals surface area contributed by atoms with Gasteiger partial charge in [-0.15, -0.1) is 0 Å². The molecule has 1 saturated carbocycles. The van der Waals surface area contributed by atoms with Gasteiger partial charge in [0.15, 0.2) is 0 Å². The molecule has 0 radical (unpaired) electrons. The molecule has 0 aliphatic heterocycles. The zero-order chi connectivity index (χ0) is 16.2. The molecule has 120 valence electrons. The first-order valence-corrected chi connectivity index (χ1v) is 7.14. The first kappa shape index (κ1) is 15.9. The highest BCUT2D eigenvalue weighted by Gasteiger charge is 2.40. The van der Waals surface area contributed by atoms with Crippen molar-refractivity contribution in [3.05, 3.63) is 22.5 Å². The number of carbonyl (C=O) groups excluding carboxylic acids is 1. The predicted molar refractivity (Wildman–Crippen MR) is 75.1 cm³/mol. The van der Waals surface area contributed by atoms with E-state index < -0.39 is 22.3 Å². The topological polar surface area (TPSA) is 127 Å². The Labute approximate surface area is 126 Å². The van der Waals surface area contributed by atoms with Crippen LogP contribution >= 0.6 is 0 Å². The number of carbonyl (C=O) groups is 2. The smallest absolute Gasteiger partial charge is 0.329 e. The summed E-state index contributed by atoms with van der Waals surface area (Å²) in [7, 11) is 0. The Morgan fingerprint density at radius 2 is 2.00 bits per heavy atom. The molecule has 1 aliphatic carbocycles. The summed E-state index contributed by atoms with van der Waals surface area (Å²) >= 11 is 0. The molecule has 0 saturated heterocycles. The fourth-order valence-electron chi connectivity index (χ4n) is 2.71. The Hall–Kier alpha value is -2.45. The van der Waals surface area contributed by atoms with Gasteiger partial charge in [-0.1, -0.05) is 25.7 Å². The summed E-state index contributed by atoms with van der Waals surface area (Å²) < 4.78 is 1.12. The lowest BCUT2D eigenvalue weighted by Gasteiger charge is -2.29. The van der Waals surface area contributed by atoms with E-state index in [9.17, 15) is 24.8 Å². The van der Waals surface area contributed by atoms with Crippen LogP contribution in [0.15, 0.2) is 12.4 Å². The van der Waals surface area contributed by atoms with Gasteiger partial charge in [0.25, 0.3) is 0 Å². The largest absolute Gasteiger partial charge is 0.480 e. The monoisotopic (exact) mass is 310 g/mol. The molecule has 1 fully saturated rings. The molecule has 0 atom stereocenters. The lowest BCUT2D eigenvalue weighted by atomic mass is 9.90. The van der Waals surface area contributed by atoms with Gasteiger partial charge in [-0.05, 0) is 12.8 Å². The number of carboxylic acid groups (broad SMARTS) is 1. The van der Waals surface area contributed by atoms with Gasteiger partial charge >= 0.3 is 11.7 Å². The molecule has 2 rings (SSSR count). The molecule has 1 aliphatic rings.